The van der Waals surface area contributed by atoms with Crippen molar-refractivity contribution in [1.82, 2.24) is 15.1 Å². The molecule has 3 nitrogen and oxygen atoms in total. The topological polar surface area (TPSA) is 18.5 Å². The van der Waals surface area contributed by atoms with E-state index in [1.807, 2.05) is 0 Å². The highest BCUT2D eigenvalue weighted by molar-refractivity contribution is 5.86. The lowest BCUT2D eigenvalue weighted by atomic mass is 10.2. The number of hydrogen-bond acceptors (Lipinski definition) is 3. The molecule has 2 heterocycles. The van der Waals surface area contributed by atoms with Gasteiger partial charge < -0.3 is 10.2 Å². The summed E-state index contributed by atoms with van der Waals surface area (Å²) >= 11 is 0. The summed E-state index contributed by atoms with van der Waals surface area (Å²) in [6.07, 6.45) is 1.35. The molecule has 2 fully saturated rings. The third-order valence-electron chi connectivity index (χ3n) is 3.09. The molecule has 2 aliphatic rings. The van der Waals surface area contributed by atoms with E-state index in [4.69, 9.17) is 0 Å². The van der Waals surface area contributed by atoms with Crippen LogP contribution < -0.4 is 5.32 Å². The Morgan fingerprint density at radius 2 is 1.60 bits per heavy atom. The van der Waals surface area contributed by atoms with E-state index in [-0.39, 0.29) is 37.2 Å². The molecule has 0 radical (unpaired) electrons. The second-order valence-electron chi connectivity index (χ2n) is 3.99. The summed E-state index contributed by atoms with van der Waals surface area (Å²) in [6, 6.07) is 0.832. The van der Waals surface area contributed by atoms with Crippen molar-refractivity contribution in [2.24, 2.45) is 0 Å². The van der Waals surface area contributed by atoms with E-state index in [0.29, 0.717) is 0 Å². The first-order chi connectivity index (χ1) is 5.86. The Balaban J connectivity index is 0. The van der Waals surface area contributed by atoms with Crippen molar-refractivity contribution in [2.45, 2.75) is 12.5 Å². The molecule has 0 aromatic rings. The van der Waals surface area contributed by atoms with Crippen LogP contribution >= 0.6 is 37.2 Å². The minimum absolute atomic E-state index is 0. The van der Waals surface area contributed by atoms with Gasteiger partial charge in [-0.3, -0.25) is 4.90 Å². The molecule has 0 aromatic carbocycles. The van der Waals surface area contributed by atoms with Gasteiger partial charge in [0.2, 0.25) is 0 Å². The molecule has 15 heavy (non-hydrogen) atoms. The fourth-order valence-electron chi connectivity index (χ4n) is 2.14. The second kappa shape index (κ2) is 8.85. The van der Waals surface area contributed by atoms with E-state index in [0.717, 1.165) is 6.04 Å². The van der Waals surface area contributed by atoms with Crippen LogP contribution in [-0.2, 0) is 0 Å². The number of hydrogen-bond donors (Lipinski definition) is 1. The van der Waals surface area contributed by atoms with Crippen LogP contribution in [0.3, 0.4) is 0 Å². The van der Waals surface area contributed by atoms with Gasteiger partial charge in [-0.15, -0.1) is 37.2 Å². The summed E-state index contributed by atoms with van der Waals surface area (Å²) in [7, 11) is 2.21. The summed E-state index contributed by atoms with van der Waals surface area (Å²) in [5.41, 5.74) is 0. The molecule has 2 rings (SSSR count). The van der Waals surface area contributed by atoms with Crippen LogP contribution in [0.4, 0.5) is 0 Å². The van der Waals surface area contributed by atoms with Gasteiger partial charge in [-0.05, 0) is 20.0 Å². The first kappa shape index (κ1) is 18.1. The van der Waals surface area contributed by atoms with Gasteiger partial charge in [-0.25, -0.2) is 0 Å². The van der Waals surface area contributed by atoms with E-state index in [2.05, 4.69) is 22.2 Å². The standard InChI is InChI=1S/C9H19N3.3ClH/c1-11-4-6-12(7-5-11)9-2-3-10-8-9;;;/h9-10H,2-8H2,1H3;3*1H. The average molecular weight is 279 g/mol. The predicted octanol–water partition coefficient (Wildman–Crippen LogP) is 0.861. The summed E-state index contributed by atoms with van der Waals surface area (Å²) in [5.74, 6) is 0. The predicted molar refractivity (Wildman–Crippen MR) is 72.1 cm³/mol. The Labute approximate surface area is 111 Å². The smallest absolute Gasteiger partial charge is 0.0233 e. The summed E-state index contributed by atoms with van der Waals surface area (Å²) in [6.45, 7) is 7.46. The minimum Gasteiger partial charge on any atom is -0.315 e. The van der Waals surface area contributed by atoms with Crippen molar-refractivity contribution in [2.75, 3.05) is 46.3 Å². The van der Waals surface area contributed by atoms with E-state index in [1.165, 1.54) is 45.7 Å². The lowest BCUT2D eigenvalue weighted by Crippen LogP contribution is -2.49. The van der Waals surface area contributed by atoms with Crippen LogP contribution in [0.15, 0.2) is 0 Å². The van der Waals surface area contributed by atoms with Crippen molar-refractivity contribution in [3.8, 4) is 0 Å². The Hall–Kier alpha value is 0.750. The maximum atomic E-state index is 3.43. The normalized spacial score (nSPS) is 27.4. The van der Waals surface area contributed by atoms with Crippen LogP contribution in [0.25, 0.3) is 0 Å². The molecule has 1 atom stereocenters. The molecule has 0 spiro atoms. The zero-order valence-corrected chi connectivity index (χ0v) is 11.6. The third-order valence-corrected chi connectivity index (χ3v) is 3.09. The van der Waals surface area contributed by atoms with Gasteiger partial charge in [-0.2, -0.15) is 0 Å². The SMILES string of the molecule is CN1CCN(C2CCNC2)CC1.Cl.Cl.Cl. The maximum absolute atomic E-state index is 3.43. The number of likely N-dealkylation sites (N-methyl/N-ethyl adjacent to an activating group) is 1. The summed E-state index contributed by atoms with van der Waals surface area (Å²) in [5, 5.41) is 3.43. The maximum Gasteiger partial charge on any atom is 0.0233 e. The largest absolute Gasteiger partial charge is 0.315 e. The molecule has 1 unspecified atom stereocenters. The van der Waals surface area contributed by atoms with Gasteiger partial charge in [0.15, 0.2) is 0 Å². The first-order valence-corrected chi connectivity index (χ1v) is 4.99. The number of nitrogens with one attached hydrogen (secondary N) is 1. The molecule has 0 amide bonds. The van der Waals surface area contributed by atoms with Crippen LogP contribution in [0.5, 0.6) is 0 Å². The van der Waals surface area contributed by atoms with Gasteiger partial charge in [0.1, 0.15) is 0 Å². The molecule has 0 bridgehead atoms. The third kappa shape index (κ3) is 5.07. The highest BCUT2D eigenvalue weighted by atomic mass is 35.5. The van der Waals surface area contributed by atoms with Crippen LogP contribution in [0.1, 0.15) is 6.42 Å². The summed E-state index contributed by atoms with van der Waals surface area (Å²) in [4.78, 5) is 5.05. The van der Waals surface area contributed by atoms with Crippen molar-refractivity contribution < 1.29 is 0 Å². The Bertz CT molecular complexity index is 146. The van der Waals surface area contributed by atoms with E-state index < -0.39 is 0 Å². The molecule has 2 saturated heterocycles. The zero-order chi connectivity index (χ0) is 8.39. The van der Waals surface area contributed by atoms with Crippen LogP contribution in [0, 0.1) is 0 Å². The number of nitrogens with zero attached hydrogens (tertiary/aromatic N) is 2. The fraction of sp³-hybridized carbons (Fsp3) is 1.00. The quantitative estimate of drug-likeness (QED) is 0.768. The van der Waals surface area contributed by atoms with Gasteiger partial charge in [0.25, 0.3) is 0 Å². The molecule has 1 N–H and O–H groups in total. The van der Waals surface area contributed by atoms with Crippen molar-refractivity contribution in [3.05, 3.63) is 0 Å². The number of rotatable bonds is 1. The van der Waals surface area contributed by atoms with Crippen molar-refractivity contribution in [1.29, 1.82) is 0 Å². The number of piperazine rings is 1. The molecule has 6 heteroatoms. The van der Waals surface area contributed by atoms with Gasteiger partial charge in [-0.1, -0.05) is 0 Å². The minimum atomic E-state index is 0. The Kier molecular flexibility index (Phi) is 10.7. The van der Waals surface area contributed by atoms with Gasteiger partial charge in [0.05, 0.1) is 0 Å². The highest BCUT2D eigenvalue weighted by Crippen LogP contribution is 2.10. The molecule has 0 aliphatic carbocycles. The fourth-order valence-corrected chi connectivity index (χ4v) is 2.14. The van der Waals surface area contributed by atoms with Crippen molar-refractivity contribution in [3.63, 3.8) is 0 Å². The molecule has 2 aliphatic heterocycles. The summed E-state index contributed by atoms with van der Waals surface area (Å²) < 4.78 is 0. The lowest BCUT2D eigenvalue weighted by Gasteiger charge is -2.36. The monoisotopic (exact) mass is 277 g/mol. The van der Waals surface area contributed by atoms with E-state index >= 15 is 0 Å². The molecule has 94 valence electrons. The van der Waals surface area contributed by atoms with Gasteiger partial charge in [0, 0.05) is 38.8 Å². The van der Waals surface area contributed by atoms with Crippen molar-refractivity contribution >= 4 is 37.2 Å². The Morgan fingerprint density at radius 3 is 2.07 bits per heavy atom. The van der Waals surface area contributed by atoms with E-state index in [1.54, 1.807) is 0 Å². The number of halogens is 3. The molecular formula is C9H22Cl3N3. The molecular weight excluding hydrogens is 256 g/mol. The Morgan fingerprint density at radius 1 is 1.00 bits per heavy atom. The molecule has 0 saturated carbocycles. The zero-order valence-electron chi connectivity index (χ0n) is 9.15. The van der Waals surface area contributed by atoms with Crippen LogP contribution in [0.2, 0.25) is 0 Å². The first-order valence-electron chi connectivity index (χ1n) is 4.99. The lowest BCUT2D eigenvalue weighted by molar-refractivity contribution is 0.119. The average Bonchev–Trinajstić information content (AvgIpc) is 2.58. The van der Waals surface area contributed by atoms with Gasteiger partial charge >= 0.3 is 0 Å². The second-order valence-corrected chi connectivity index (χ2v) is 3.99. The van der Waals surface area contributed by atoms with Crippen LogP contribution in [-0.4, -0.2) is 62.2 Å². The molecule has 0 aromatic heterocycles. The highest BCUT2D eigenvalue weighted by Gasteiger charge is 2.24. The van der Waals surface area contributed by atoms with E-state index in [9.17, 15) is 0 Å².